The molecule has 0 bridgehead atoms. The van der Waals surface area contributed by atoms with Gasteiger partial charge in [0.15, 0.2) is 0 Å². The van der Waals surface area contributed by atoms with Crippen LogP contribution in [0.15, 0.2) is 12.1 Å². The molecule has 1 aromatic rings. The van der Waals surface area contributed by atoms with Crippen LogP contribution in [0.25, 0.3) is 0 Å². The van der Waals surface area contributed by atoms with Crippen molar-refractivity contribution in [1.29, 1.82) is 0 Å². The van der Waals surface area contributed by atoms with Gasteiger partial charge in [0, 0.05) is 12.6 Å². The van der Waals surface area contributed by atoms with Gasteiger partial charge in [-0.25, -0.2) is 0 Å². The molecule has 0 amide bonds. The summed E-state index contributed by atoms with van der Waals surface area (Å²) in [6.07, 6.45) is 2.35. The molecule has 1 aliphatic heterocycles. The van der Waals surface area contributed by atoms with Gasteiger partial charge < -0.3 is 5.11 Å². The molecule has 1 heterocycles. The Morgan fingerprint density at radius 2 is 1.80 bits per heavy atom. The van der Waals surface area contributed by atoms with Crippen molar-refractivity contribution in [3.05, 3.63) is 34.4 Å². The fourth-order valence-corrected chi connectivity index (χ4v) is 3.19. The van der Waals surface area contributed by atoms with E-state index in [1.807, 2.05) is 0 Å². The van der Waals surface area contributed by atoms with E-state index >= 15 is 0 Å². The monoisotopic (exact) mass is 275 g/mol. The zero-order chi connectivity index (χ0) is 14.9. The van der Waals surface area contributed by atoms with Gasteiger partial charge in [-0.3, -0.25) is 4.90 Å². The first-order valence-corrected chi connectivity index (χ1v) is 7.78. The van der Waals surface area contributed by atoms with Crippen molar-refractivity contribution in [1.82, 2.24) is 4.90 Å². The largest absolute Gasteiger partial charge is 0.395 e. The van der Waals surface area contributed by atoms with Gasteiger partial charge in [0.2, 0.25) is 0 Å². The SMILES string of the molecule is Cc1cc(C(C)(C)C)cc(C)c1CN1CCC[C@H]1CO. The Morgan fingerprint density at radius 1 is 1.20 bits per heavy atom. The molecule has 0 saturated carbocycles. The highest BCUT2D eigenvalue weighted by Gasteiger charge is 2.25. The molecule has 0 unspecified atom stereocenters. The summed E-state index contributed by atoms with van der Waals surface area (Å²) in [5, 5.41) is 9.46. The molecule has 2 nitrogen and oxygen atoms in total. The third-order valence-corrected chi connectivity index (χ3v) is 4.63. The van der Waals surface area contributed by atoms with Gasteiger partial charge in [0.05, 0.1) is 6.61 Å². The molecule has 0 radical (unpaired) electrons. The van der Waals surface area contributed by atoms with Crippen LogP contribution in [0.2, 0.25) is 0 Å². The van der Waals surface area contributed by atoms with E-state index in [2.05, 4.69) is 51.7 Å². The molecular weight excluding hydrogens is 246 g/mol. The van der Waals surface area contributed by atoms with Crippen LogP contribution in [-0.4, -0.2) is 29.2 Å². The van der Waals surface area contributed by atoms with E-state index < -0.39 is 0 Å². The first-order valence-electron chi connectivity index (χ1n) is 7.78. The van der Waals surface area contributed by atoms with Gasteiger partial charge in [-0.2, -0.15) is 0 Å². The second kappa shape index (κ2) is 5.87. The number of aryl methyl sites for hydroxylation is 2. The quantitative estimate of drug-likeness (QED) is 0.912. The van der Waals surface area contributed by atoms with Crippen LogP contribution in [0.5, 0.6) is 0 Å². The molecule has 1 atom stereocenters. The highest BCUT2D eigenvalue weighted by Crippen LogP contribution is 2.29. The van der Waals surface area contributed by atoms with E-state index in [1.54, 1.807) is 0 Å². The molecule has 112 valence electrons. The smallest absolute Gasteiger partial charge is 0.0587 e. The van der Waals surface area contributed by atoms with E-state index in [0.717, 1.165) is 19.5 Å². The van der Waals surface area contributed by atoms with Crippen molar-refractivity contribution in [2.75, 3.05) is 13.2 Å². The third kappa shape index (κ3) is 3.24. The summed E-state index contributed by atoms with van der Waals surface area (Å²) < 4.78 is 0. The topological polar surface area (TPSA) is 23.5 Å². The maximum Gasteiger partial charge on any atom is 0.0587 e. The standard InChI is InChI=1S/C18H29NO/c1-13-9-15(18(3,4)5)10-14(2)17(13)11-19-8-6-7-16(19)12-20/h9-10,16,20H,6-8,11-12H2,1-5H3/t16-/m0/s1. The number of likely N-dealkylation sites (tertiary alicyclic amines) is 1. The van der Waals surface area contributed by atoms with Crippen molar-refractivity contribution in [2.24, 2.45) is 0 Å². The highest BCUT2D eigenvalue weighted by atomic mass is 16.3. The van der Waals surface area contributed by atoms with E-state index in [4.69, 9.17) is 0 Å². The Morgan fingerprint density at radius 3 is 2.30 bits per heavy atom. The van der Waals surface area contributed by atoms with Crippen molar-refractivity contribution >= 4 is 0 Å². The molecule has 1 aliphatic rings. The van der Waals surface area contributed by atoms with Crippen LogP contribution in [-0.2, 0) is 12.0 Å². The number of hydrogen-bond donors (Lipinski definition) is 1. The molecule has 2 rings (SSSR count). The zero-order valence-corrected chi connectivity index (χ0v) is 13.7. The Kier molecular flexibility index (Phi) is 4.55. The lowest BCUT2D eigenvalue weighted by Gasteiger charge is -2.27. The molecule has 0 spiro atoms. The average Bonchev–Trinajstić information content (AvgIpc) is 2.79. The minimum atomic E-state index is 0.204. The maximum atomic E-state index is 9.46. The van der Waals surface area contributed by atoms with Crippen molar-refractivity contribution in [2.45, 2.75) is 65.5 Å². The lowest BCUT2D eigenvalue weighted by molar-refractivity contribution is 0.153. The van der Waals surface area contributed by atoms with Gasteiger partial charge in [0.25, 0.3) is 0 Å². The molecule has 1 saturated heterocycles. The average molecular weight is 275 g/mol. The normalized spacial score (nSPS) is 20.6. The van der Waals surface area contributed by atoms with Gasteiger partial charge >= 0.3 is 0 Å². The molecule has 0 aromatic heterocycles. The highest BCUT2D eigenvalue weighted by molar-refractivity contribution is 5.40. The first-order chi connectivity index (χ1) is 9.32. The number of hydrogen-bond acceptors (Lipinski definition) is 2. The zero-order valence-electron chi connectivity index (χ0n) is 13.7. The van der Waals surface area contributed by atoms with Crippen molar-refractivity contribution in [3.63, 3.8) is 0 Å². The van der Waals surface area contributed by atoms with Gasteiger partial charge in [-0.1, -0.05) is 32.9 Å². The fourth-order valence-electron chi connectivity index (χ4n) is 3.19. The Bertz CT molecular complexity index is 450. The minimum absolute atomic E-state index is 0.204. The van der Waals surface area contributed by atoms with E-state index in [9.17, 15) is 5.11 Å². The van der Waals surface area contributed by atoms with Crippen LogP contribution >= 0.6 is 0 Å². The summed E-state index contributed by atoms with van der Waals surface area (Å²) in [5.41, 5.74) is 5.83. The lowest BCUT2D eigenvalue weighted by Crippen LogP contribution is -2.32. The first kappa shape index (κ1) is 15.5. The van der Waals surface area contributed by atoms with E-state index in [-0.39, 0.29) is 12.0 Å². The summed E-state index contributed by atoms with van der Waals surface area (Å²) in [4.78, 5) is 2.44. The van der Waals surface area contributed by atoms with E-state index in [1.165, 1.54) is 28.7 Å². The van der Waals surface area contributed by atoms with Gasteiger partial charge in [-0.15, -0.1) is 0 Å². The summed E-state index contributed by atoms with van der Waals surface area (Å²) in [6.45, 7) is 13.6. The molecule has 2 heteroatoms. The second-order valence-electron chi connectivity index (χ2n) is 7.29. The molecule has 20 heavy (non-hydrogen) atoms. The van der Waals surface area contributed by atoms with Crippen molar-refractivity contribution < 1.29 is 5.11 Å². The van der Waals surface area contributed by atoms with Crippen molar-refractivity contribution in [3.8, 4) is 0 Å². The maximum absolute atomic E-state index is 9.46. The van der Waals surface area contributed by atoms with Crippen LogP contribution in [0.1, 0.15) is 55.9 Å². The van der Waals surface area contributed by atoms with Crippen LogP contribution in [0.3, 0.4) is 0 Å². The molecule has 1 fully saturated rings. The number of nitrogens with zero attached hydrogens (tertiary/aromatic N) is 1. The van der Waals surface area contributed by atoms with Crippen LogP contribution in [0, 0.1) is 13.8 Å². The lowest BCUT2D eigenvalue weighted by atomic mass is 9.83. The van der Waals surface area contributed by atoms with Gasteiger partial charge in [-0.05, 0) is 60.9 Å². The Balaban J connectivity index is 2.25. The van der Waals surface area contributed by atoms with Crippen LogP contribution in [0.4, 0.5) is 0 Å². The predicted octanol–water partition coefficient (Wildman–Crippen LogP) is 3.56. The second-order valence-corrected chi connectivity index (χ2v) is 7.29. The molecule has 1 aromatic carbocycles. The van der Waals surface area contributed by atoms with E-state index in [0.29, 0.717) is 6.04 Å². The van der Waals surface area contributed by atoms with Gasteiger partial charge in [0.1, 0.15) is 0 Å². The van der Waals surface area contributed by atoms with Crippen LogP contribution < -0.4 is 0 Å². The molecule has 1 N–H and O–H groups in total. The number of rotatable bonds is 3. The number of aliphatic hydroxyl groups is 1. The summed E-state index contributed by atoms with van der Waals surface area (Å²) in [7, 11) is 0. The summed E-state index contributed by atoms with van der Waals surface area (Å²) in [6, 6.07) is 5.04. The summed E-state index contributed by atoms with van der Waals surface area (Å²) in [5.74, 6) is 0. The molecular formula is C18H29NO. The fraction of sp³-hybridized carbons (Fsp3) is 0.667. The molecule has 0 aliphatic carbocycles. The number of aliphatic hydroxyl groups excluding tert-OH is 1. The predicted molar refractivity (Wildman–Crippen MR) is 85.1 cm³/mol. The Hall–Kier alpha value is -0.860. The Labute approximate surface area is 123 Å². The number of benzene rings is 1. The third-order valence-electron chi connectivity index (χ3n) is 4.63. The minimum Gasteiger partial charge on any atom is -0.395 e. The summed E-state index contributed by atoms with van der Waals surface area (Å²) >= 11 is 0.